The van der Waals surface area contributed by atoms with Crippen LogP contribution in [-0.2, 0) is 6.54 Å². The highest BCUT2D eigenvalue weighted by Gasteiger charge is 2.00. The smallest absolute Gasteiger partial charge is 0.124 e. The normalized spacial score (nSPS) is 10.3. The number of rotatable bonds is 8. The van der Waals surface area contributed by atoms with E-state index < -0.39 is 0 Å². The molecule has 4 heteroatoms. The van der Waals surface area contributed by atoms with E-state index in [1.165, 1.54) is 30.7 Å². The summed E-state index contributed by atoms with van der Waals surface area (Å²) in [6, 6.07) is 6.42. The van der Waals surface area contributed by atoms with Crippen LogP contribution in [0.15, 0.2) is 18.2 Å². The summed E-state index contributed by atoms with van der Waals surface area (Å²) >= 11 is 1.88. The van der Waals surface area contributed by atoms with E-state index >= 15 is 0 Å². The van der Waals surface area contributed by atoms with Crippen LogP contribution in [-0.4, -0.2) is 18.6 Å². The first-order chi connectivity index (χ1) is 8.76. The van der Waals surface area contributed by atoms with Gasteiger partial charge in [-0.1, -0.05) is 6.42 Å². The van der Waals surface area contributed by atoms with Crippen molar-refractivity contribution in [2.75, 3.05) is 18.6 Å². The molecule has 0 atom stereocenters. The lowest BCUT2D eigenvalue weighted by atomic mass is 10.1. The minimum Gasteiger partial charge on any atom is -0.313 e. The number of nitriles is 1. The van der Waals surface area contributed by atoms with E-state index in [1.54, 1.807) is 6.07 Å². The van der Waals surface area contributed by atoms with Crippen molar-refractivity contribution in [1.82, 2.24) is 5.32 Å². The van der Waals surface area contributed by atoms with Gasteiger partial charge in [-0.05, 0) is 55.2 Å². The van der Waals surface area contributed by atoms with E-state index in [9.17, 15) is 4.39 Å². The molecular weight excluding hydrogens is 247 g/mol. The van der Waals surface area contributed by atoms with Crippen molar-refractivity contribution in [3.05, 3.63) is 35.1 Å². The van der Waals surface area contributed by atoms with Crippen LogP contribution < -0.4 is 5.32 Å². The predicted octanol–water partition coefficient (Wildman–Crippen LogP) is 3.32. The van der Waals surface area contributed by atoms with Crippen LogP contribution >= 0.6 is 11.8 Å². The van der Waals surface area contributed by atoms with Crippen molar-refractivity contribution in [2.24, 2.45) is 0 Å². The third kappa shape index (κ3) is 6.04. The van der Waals surface area contributed by atoms with Gasteiger partial charge in [0, 0.05) is 6.54 Å². The SMILES string of the molecule is CSCCCCCNCc1cc(F)cc(C#N)c1. The predicted molar refractivity (Wildman–Crippen MR) is 75.1 cm³/mol. The Labute approximate surface area is 113 Å². The molecule has 0 bridgehead atoms. The fourth-order valence-corrected chi connectivity index (χ4v) is 2.22. The van der Waals surface area contributed by atoms with Crippen LogP contribution in [0, 0.1) is 17.1 Å². The molecule has 1 rings (SSSR count). The van der Waals surface area contributed by atoms with Crippen molar-refractivity contribution in [3.8, 4) is 6.07 Å². The summed E-state index contributed by atoms with van der Waals surface area (Å²) in [7, 11) is 0. The second-order valence-electron chi connectivity index (χ2n) is 4.19. The van der Waals surface area contributed by atoms with Crippen LogP contribution in [0.25, 0.3) is 0 Å². The third-order valence-corrected chi connectivity index (χ3v) is 3.31. The van der Waals surface area contributed by atoms with Crippen molar-refractivity contribution >= 4 is 11.8 Å². The zero-order valence-electron chi connectivity index (χ0n) is 10.7. The molecule has 18 heavy (non-hydrogen) atoms. The molecule has 2 nitrogen and oxygen atoms in total. The number of nitrogens with one attached hydrogen (secondary N) is 1. The van der Waals surface area contributed by atoms with Gasteiger partial charge < -0.3 is 5.32 Å². The Morgan fingerprint density at radius 1 is 1.28 bits per heavy atom. The van der Waals surface area contributed by atoms with Gasteiger partial charge in [-0.25, -0.2) is 4.39 Å². The second kappa shape index (κ2) is 8.96. The summed E-state index contributed by atoms with van der Waals surface area (Å²) in [6.07, 6.45) is 5.73. The molecule has 1 aromatic rings. The molecule has 0 saturated carbocycles. The number of halogens is 1. The van der Waals surface area contributed by atoms with Crippen LogP contribution in [0.5, 0.6) is 0 Å². The standard InChI is InChI=1S/C14H19FN2S/c1-18-6-4-2-3-5-17-11-13-7-12(10-16)8-14(15)9-13/h7-9,17H,2-6,11H2,1H3. The van der Waals surface area contributed by atoms with Crippen molar-refractivity contribution in [2.45, 2.75) is 25.8 Å². The zero-order valence-corrected chi connectivity index (χ0v) is 11.5. The fraction of sp³-hybridized carbons (Fsp3) is 0.500. The van der Waals surface area contributed by atoms with E-state index in [0.29, 0.717) is 12.1 Å². The second-order valence-corrected chi connectivity index (χ2v) is 5.18. The molecule has 0 amide bonds. The van der Waals surface area contributed by atoms with Crippen molar-refractivity contribution in [3.63, 3.8) is 0 Å². The Hall–Kier alpha value is -1.05. The van der Waals surface area contributed by atoms with E-state index in [4.69, 9.17) is 5.26 Å². The summed E-state index contributed by atoms with van der Waals surface area (Å²) < 4.78 is 13.1. The molecule has 0 unspecified atom stereocenters. The Bertz CT molecular complexity index is 401. The Morgan fingerprint density at radius 3 is 2.83 bits per heavy atom. The molecule has 98 valence electrons. The highest BCUT2D eigenvalue weighted by molar-refractivity contribution is 7.98. The Kier molecular flexibility index (Phi) is 7.47. The molecule has 0 aromatic heterocycles. The summed E-state index contributed by atoms with van der Waals surface area (Å²) in [6.45, 7) is 1.56. The van der Waals surface area contributed by atoms with Crippen LogP contribution in [0.1, 0.15) is 30.4 Å². The number of hydrogen-bond acceptors (Lipinski definition) is 3. The lowest BCUT2D eigenvalue weighted by Gasteiger charge is -2.05. The summed E-state index contributed by atoms with van der Waals surface area (Å²) in [5, 5.41) is 12.0. The molecule has 0 radical (unpaired) electrons. The van der Waals surface area contributed by atoms with Crippen LogP contribution in [0.4, 0.5) is 4.39 Å². The molecule has 1 N–H and O–H groups in total. The Balaban J connectivity index is 2.23. The minimum atomic E-state index is -0.342. The molecule has 0 heterocycles. The molecule has 1 aromatic carbocycles. The first-order valence-electron chi connectivity index (χ1n) is 6.15. The van der Waals surface area contributed by atoms with E-state index in [2.05, 4.69) is 11.6 Å². The van der Waals surface area contributed by atoms with Gasteiger partial charge in [-0.2, -0.15) is 17.0 Å². The topological polar surface area (TPSA) is 35.8 Å². The van der Waals surface area contributed by atoms with Gasteiger partial charge in [0.05, 0.1) is 11.6 Å². The number of nitrogens with zero attached hydrogens (tertiary/aromatic N) is 1. The van der Waals surface area contributed by atoms with E-state index in [1.807, 2.05) is 17.8 Å². The highest BCUT2D eigenvalue weighted by atomic mass is 32.2. The van der Waals surface area contributed by atoms with Gasteiger partial charge in [-0.15, -0.1) is 0 Å². The van der Waals surface area contributed by atoms with Gasteiger partial charge in [0.2, 0.25) is 0 Å². The summed E-state index contributed by atoms with van der Waals surface area (Å²) in [4.78, 5) is 0. The zero-order chi connectivity index (χ0) is 13.2. The van der Waals surface area contributed by atoms with E-state index in [0.717, 1.165) is 18.5 Å². The number of hydrogen-bond donors (Lipinski definition) is 1. The largest absolute Gasteiger partial charge is 0.313 e. The van der Waals surface area contributed by atoms with Gasteiger partial charge in [0.1, 0.15) is 5.82 Å². The third-order valence-electron chi connectivity index (χ3n) is 2.62. The first kappa shape index (κ1) is 15.0. The average Bonchev–Trinajstić information content (AvgIpc) is 2.37. The van der Waals surface area contributed by atoms with Gasteiger partial charge in [0.15, 0.2) is 0 Å². The first-order valence-corrected chi connectivity index (χ1v) is 7.55. The van der Waals surface area contributed by atoms with E-state index in [-0.39, 0.29) is 5.82 Å². The van der Waals surface area contributed by atoms with Crippen molar-refractivity contribution in [1.29, 1.82) is 5.26 Å². The molecular formula is C14H19FN2S. The maximum absolute atomic E-state index is 13.1. The number of benzene rings is 1. The quantitative estimate of drug-likeness (QED) is 0.733. The molecule has 0 saturated heterocycles. The maximum atomic E-state index is 13.1. The maximum Gasteiger partial charge on any atom is 0.124 e. The monoisotopic (exact) mass is 266 g/mol. The van der Waals surface area contributed by atoms with Gasteiger partial charge in [0.25, 0.3) is 0 Å². The average molecular weight is 266 g/mol. The highest BCUT2D eigenvalue weighted by Crippen LogP contribution is 2.08. The summed E-state index contributed by atoms with van der Waals surface area (Å²) in [5.74, 6) is 0.876. The van der Waals surface area contributed by atoms with Crippen molar-refractivity contribution < 1.29 is 4.39 Å². The van der Waals surface area contributed by atoms with Gasteiger partial charge >= 0.3 is 0 Å². The number of thioether (sulfide) groups is 1. The molecule has 0 aliphatic rings. The lowest BCUT2D eigenvalue weighted by molar-refractivity contribution is 0.605. The number of unbranched alkanes of at least 4 members (excludes halogenated alkanes) is 2. The summed E-state index contributed by atoms with van der Waals surface area (Å²) in [5.41, 5.74) is 1.21. The molecule has 0 aliphatic carbocycles. The fourth-order valence-electron chi connectivity index (χ4n) is 1.72. The van der Waals surface area contributed by atoms with Gasteiger partial charge in [-0.3, -0.25) is 0 Å². The lowest BCUT2D eigenvalue weighted by Crippen LogP contribution is -2.15. The minimum absolute atomic E-state index is 0.342. The molecule has 0 spiro atoms. The molecule has 0 aliphatic heterocycles. The Morgan fingerprint density at radius 2 is 2.11 bits per heavy atom. The van der Waals surface area contributed by atoms with Crippen LogP contribution in [0.2, 0.25) is 0 Å². The van der Waals surface area contributed by atoms with Crippen LogP contribution in [0.3, 0.4) is 0 Å². The molecule has 0 fully saturated rings.